The molecular weight excluding hydrogens is 354 g/mol. The quantitative estimate of drug-likeness (QED) is 0.643. The molecule has 0 radical (unpaired) electrons. The van der Waals surface area contributed by atoms with Gasteiger partial charge in [0.05, 0.1) is 11.1 Å². The summed E-state index contributed by atoms with van der Waals surface area (Å²) in [7, 11) is 0. The third-order valence-corrected chi connectivity index (χ3v) is 5.14. The number of aromatic amines is 1. The van der Waals surface area contributed by atoms with Gasteiger partial charge in [0, 0.05) is 24.7 Å². The minimum Gasteiger partial charge on any atom is -0.465 e. The van der Waals surface area contributed by atoms with Crippen LogP contribution in [0.15, 0.2) is 54.2 Å². The Balaban J connectivity index is 1.82. The van der Waals surface area contributed by atoms with E-state index in [2.05, 4.69) is 4.98 Å². The van der Waals surface area contributed by atoms with Crippen LogP contribution in [-0.2, 0) is 0 Å². The third-order valence-electron chi connectivity index (χ3n) is 5.14. The average Bonchev–Trinajstić information content (AvgIpc) is 3.10. The standard InChI is InChI=1S/C22H21N3O3/c23-21(26)19-11-16(15-6-2-1-3-7-15)10-18-17(12-24-20(18)19)9-14-5-4-8-25(13-14)22(27)28/h1-3,6-7,9-12,24H,4-5,8,13H2,(H2,23,26)(H,27,28)/b14-9-. The Morgan fingerprint density at radius 1 is 1.14 bits per heavy atom. The molecule has 2 heterocycles. The number of carboxylic acid groups (broad SMARTS) is 1. The monoisotopic (exact) mass is 375 g/mol. The van der Waals surface area contributed by atoms with Crippen LogP contribution in [-0.4, -0.2) is 40.1 Å². The Morgan fingerprint density at radius 2 is 1.93 bits per heavy atom. The van der Waals surface area contributed by atoms with Gasteiger partial charge in [-0.3, -0.25) is 4.79 Å². The van der Waals surface area contributed by atoms with Crippen molar-refractivity contribution in [3.63, 3.8) is 0 Å². The first kappa shape index (κ1) is 17.9. The Kier molecular flexibility index (Phi) is 4.61. The summed E-state index contributed by atoms with van der Waals surface area (Å²) < 4.78 is 0. The van der Waals surface area contributed by atoms with Crippen LogP contribution in [0.1, 0.15) is 28.8 Å². The van der Waals surface area contributed by atoms with Gasteiger partial charge in [0.1, 0.15) is 0 Å². The summed E-state index contributed by atoms with van der Waals surface area (Å²) in [6, 6.07) is 13.7. The number of nitrogens with zero attached hydrogens (tertiary/aromatic N) is 1. The fourth-order valence-electron chi connectivity index (χ4n) is 3.77. The SMILES string of the molecule is NC(=O)c1cc(-c2ccccc2)cc2c(/C=C3/CCCN(C(=O)O)C3)c[nH]c12. The van der Waals surface area contributed by atoms with Crippen molar-refractivity contribution in [1.82, 2.24) is 9.88 Å². The van der Waals surface area contributed by atoms with Crippen LogP contribution < -0.4 is 5.73 Å². The van der Waals surface area contributed by atoms with Crippen molar-refractivity contribution in [1.29, 1.82) is 0 Å². The zero-order valence-corrected chi connectivity index (χ0v) is 15.3. The average molecular weight is 375 g/mol. The summed E-state index contributed by atoms with van der Waals surface area (Å²) in [6.45, 7) is 0.966. The van der Waals surface area contributed by atoms with E-state index in [0.717, 1.165) is 40.5 Å². The molecular formula is C22H21N3O3. The first-order valence-corrected chi connectivity index (χ1v) is 9.20. The molecule has 6 heteroatoms. The maximum absolute atomic E-state index is 12.0. The van der Waals surface area contributed by atoms with Gasteiger partial charge in [0.2, 0.25) is 0 Å². The zero-order valence-electron chi connectivity index (χ0n) is 15.3. The number of likely N-dealkylation sites (tertiary alicyclic amines) is 1. The van der Waals surface area contributed by atoms with E-state index in [-0.39, 0.29) is 0 Å². The van der Waals surface area contributed by atoms with E-state index in [0.29, 0.717) is 24.2 Å². The van der Waals surface area contributed by atoms with Gasteiger partial charge in [-0.25, -0.2) is 4.79 Å². The molecule has 4 rings (SSSR count). The lowest BCUT2D eigenvalue weighted by atomic mass is 9.97. The maximum Gasteiger partial charge on any atom is 0.407 e. The van der Waals surface area contributed by atoms with E-state index in [9.17, 15) is 14.7 Å². The van der Waals surface area contributed by atoms with Gasteiger partial charge in [-0.1, -0.05) is 42.0 Å². The fourth-order valence-corrected chi connectivity index (χ4v) is 3.77. The molecule has 1 fully saturated rings. The third kappa shape index (κ3) is 3.36. The minimum atomic E-state index is -0.896. The highest BCUT2D eigenvalue weighted by Gasteiger charge is 2.19. The molecule has 1 saturated heterocycles. The van der Waals surface area contributed by atoms with Crippen molar-refractivity contribution < 1.29 is 14.7 Å². The summed E-state index contributed by atoms with van der Waals surface area (Å²) in [5, 5.41) is 10.2. The van der Waals surface area contributed by atoms with Crippen molar-refractivity contribution in [3.8, 4) is 11.1 Å². The molecule has 2 amide bonds. The van der Waals surface area contributed by atoms with Gasteiger partial charge < -0.3 is 20.7 Å². The molecule has 3 aromatic rings. The zero-order chi connectivity index (χ0) is 19.7. The molecule has 1 aromatic heterocycles. The van der Waals surface area contributed by atoms with E-state index in [4.69, 9.17) is 5.73 Å². The molecule has 4 N–H and O–H groups in total. The van der Waals surface area contributed by atoms with Crippen LogP contribution in [0.25, 0.3) is 28.1 Å². The van der Waals surface area contributed by atoms with Gasteiger partial charge >= 0.3 is 6.09 Å². The number of fused-ring (bicyclic) bond motifs is 1. The van der Waals surface area contributed by atoms with E-state index in [1.807, 2.05) is 48.7 Å². The molecule has 1 aliphatic heterocycles. The largest absolute Gasteiger partial charge is 0.465 e. The van der Waals surface area contributed by atoms with Crippen molar-refractivity contribution in [2.24, 2.45) is 5.73 Å². The number of aromatic nitrogens is 1. The molecule has 0 spiro atoms. The topological polar surface area (TPSA) is 99.4 Å². The molecule has 6 nitrogen and oxygen atoms in total. The van der Waals surface area contributed by atoms with E-state index >= 15 is 0 Å². The summed E-state index contributed by atoms with van der Waals surface area (Å²) >= 11 is 0. The molecule has 28 heavy (non-hydrogen) atoms. The molecule has 0 bridgehead atoms. The van der Waals surface area contributed by atoms with Gasteiger partial charge in [-0.15, -0.1) is 0 Å². The van der Waals surface area contributed by atoms with Crippen LogP contribution in [0, 0.1) is 0 Å². The second kappa shape index (κ2) is 7.23. The van der Waals surface area contributed by atoms with Crippen molar-refractivity contribution in [2.75, 3.05) is 13.1 Å². The van der Waals surface area contributed by atoms with Crippen LogP contribution in [0.5, 0.6) is 0 Å². The number of nitrogens with two attached hydrogens (primary N) is 1. The summed E-state index contributed by atoms with van der Waals surface area (Å²) in [6.07, 6.45) is 4.64. The molecule has 142 valence electrons. The Hall–Kier alpha value is -3.54. The first-order valence-electron chi connectivity index (χ1n) is 9.20. The molecule has 0 unspecified atom stereocenters. The lowest BCUT2D eigenvalue weighted by Crippen LogP contribution is -2.35. The fraction of sp³-hybridized carbons (Fsp3) is 0.182. The van der Waals surface area contributed by atoms with Gasteiger partial charge in [0.25, 0.3) is 5.91 Å². The van der Waals surface area contributed by atoms with Gasteiger partial charge in [0.15, 0.2) is 0 Å². The van der Waals surface area contributed by atoms with E-state index in [1.54, 1.807) is 6.07 Å². The maximum atomic E-state index is 12.0. The lowest BCUT2D eigenvalue weighted by molar-refractivity contribution is 0.100. The summed E-state index contributed by atoms with van der Waals surface area (Å²) in [4.78, 5) is 27.9. The number of amides is 2. The van der Waals surface area contributed by atoms with E-state index in [1.165, 1.54) is 4.90 Å². The Morgan fingerprint density at radius 3 is 2.64 bits per heavy atom. The van der Waals surface area contributed by atoms with Crippen molar-refractivity contribution in [3.05, 3.63) is 65.4 Å². The number of H-pyrrole nitrogens is 1. The molecule has 2 aromatic carbocycles. The predicted molar refractivity (Wildman–Crippen MR) is 109 cm³/mol. The van der Waals surface area contributed by atoms with Crippen LogP contribution in [0.3, 0.4) is 0 Å². The van der Waals surface area contributed by atoms with Crippen LogP contribution >= 0.6 is 0 Å². The number of carbonyl (C=O) groups excluding carboxylic acids is 1. The Bertz CT molecular complexity index is 1080. The molecule has 0 aliphatic carbocycles. The van der Waals surface area contributed by atoms with Crippen LogP contribution in [0.2, 0.25) is 0 Å². The minimum absolute atomic E-state index is 0.406. The van der Waals surface area contributed by atoms with E-state index < -0.39 is 12.0 Å². The highest BCUT2D eigenvalue weighted by molar-refractivity contribution is 6.08. The molecule has 1 aliphatic rings. The lowest BCUT2D eigenvalue weighted by Gasteiger charge is -2.26. The smallest absolute Gasteiger partial charge is 0.407 e. The highest BCUT2D eigenvalue weighted by Crippen LogP contribution is 2.31. The van der Waals surface area contributed by atoms with Gasteiger partial charge in [-0.05, 0) is 41.7 Å². The van der Waals surface area contributed by atoms with Gasteiger partial charge in [-0.2, -0.15) is 0 Å². The number of carbonyl (C=O) groups is 2. The second-order valence-electron chi connectivity index (χ2n) is 7.03. The van der Waals surface area contributed by atoms with Crippen molar-refractivity contribution >= 4 is 29.0 Å². The molecule has 0 saturated carbocycles. The van der Waals surface area contributed by atoms with Crippen LogP contribution in [0.4, 0.5) is 4.79 Å². The number of hydrogen-bond acceptors (Lipinski definition) is 2. The number of nitrogens with one attached hydrogen (secondary N) is 1. The second-order valence-corrected chi connectivity index (χ2v) is 7.03. The summed E-state index contributed by atoms with van der Waals surface area (Å²) in [5.74, 6) is -0.487. The highest BCUT2D eigenvalue weighted by atomic mass is 16.4. The predicted octanol–water partition coefficient (Wildman–Crippen LogP) is 4.09. The van der Waals surface area contributed by atoms with Crippen molar-refractivity contribution in [2.45, 2.75) is 12.8 Å². The first-order chi connectivity index (χ1) is 13.5. The summed E-state index contributed by atoms with van der Waals surface area (Å²) in [5.41, 5.74) is 10.7. The number of primary amides is 1. The number of piperidine rings is 1. The number of benzene rings is 2. The number of hydrogen-bond donors (Lipinski definition) is 3. The normalized spacial score (nSPS) is 15.9. The Labute approximate surface area is 162 Å². The number of rotatable bonds is 3. The molecule has 0 atom stereocenters.